The van der Waals surface area contributed by atoms with Gasteiger partial charge < -0.3 is 10.1 Å². The molecule has 3 nitrogen and oxygen atoms in total. The Kier molecular flexibility index (Phi) is 4.27. The molecule has 2 fully saturated rings. The largest absolute Gasteiger partial charge is 0.492 e. The van der Waals surface area contributed by atoms with Crippen molar-refractivity contribution in [2.45, 2.75) is 45.2 Å². The molecule has 0 aromatic heterocycles. The Morgan fingerprint density at radius 3 is 2.95 bits per heavy atom. The lowest BCUT2D eigenvalue weighted by molar-refractivity contribution is 0.201. The van der Waals surface area contributed by atoms with Crippen molar-refractivity contribution >= 4 is 0 Å². The van der Waals surface area contributed by atoms with Gasteiger partial charge in [-0.05, 0) is 56.8 Å². The Morgan fingerprint density at radius 1 is 1.20 bits per heavy atom. The monoisotopic (exact) mass is 274 g/mol. The normalized spacial score (nSPS) is 26.5. The fourth-order valence-electron chi connectivity index (χ4n) is 3.37. The van der Waals surface area contributed by atoms with Crippen molar-refractivity contribution in [3.8, 4) is 5.75 Å². The fraction of sp³-hybridized carbons (Fsp3) is 0.647. The Bertz CT molecular complexity index is 460. The quantitative estimate of drug-likeness (QED) is 0.913. The van der Waals surface area contributed by atoms with Gasteiger partial charge in [0.2, 0.25) is 0 Å². The first-order valence-electron chi connectivity index (χ1n) is 7.89. The van der Waals surface area contributed by atoms with Crippen LogP contribution in [0.2, 0.25) is 0 Å². The van der Waals surface area contributed by atoms with Crippen molar-refractivity contribution in [2.24, 2.45) is 0 Å². The molecule has 0 radical (unpaired) electrons. The summed E-state index contributed by atoms with van der Waals surface area (Å²) >= 11 is 0. The number of hydrogen-bond donors (Lipinski definition) is 1. The van der Waals surface area contributed by atoms with Gasteiger partial charge in [0, 0.05) is 25.2 Å². The van der Waals surface area contributed by atoms with E-state index in [0.29, 0.717) is 6.04 Å². The first-order valence-corrected chi connectivity index (χ1v) is 7.89. The van der Waals surface area contributed by atoms with Crippen molar-refractivity contribution in [1.29, 1.82) is 0 Å². The Hall–Kier alpha value is -1.06. The van der Waals surface area contributed by atoms with Gasteiger partial charge in [-0.1, -0.05) is 12.1 Å². The van der Waals surface area contributed by atoms with Crippen LogP contribution in [-0.2, 0) is 0 Å². The van der Waals surface area contributed by atoms with Crippen LogP contribution in [0.15, 0.2) is 18.2 Å². The molecule has 0 amide bonds. The third kappa shape index (κ3) is 3.33. The summed E-state index contributed by atoms with van der Waals surface area (Å²) in [5.74, 6) is 1.04. The van der Waals surface area contributed by atoms with Gasteiger partial charge >= 0.3 is 0 Å². The van der Waals surface area contributed by atoms with E-state index in [4.69, 9.17) is 4.74 Å². The summed E-state index contributed by atoms with van der Waals surface area (Å²) in [4.78, 5) is 2.56. The second-order valence-electron chi connectivity index (χ2n) is 6.34. The second-order valence-corrected chi connectivity index (χ2v) is 6.34. The van der Waals surface area contributed by atoms with E-state index in [1.54, 1.807) is 0 Å². The Morgan fingerprint density at radius 2 is 2.05 bits per heavy atom. The van der Waals surface area contributed by atoms with Gasteiger partial charge in [0.1, 0.15) is 12.4 Å². The number of fused-ring (bicyclic) bond motifs is 2. The average Bonchev–Trinajstić information content (AvgIpc) is 2.76. The molecule has 110 valence electrons. The highest BCUT2D eigenvalue weighted by atomic mass is 16.5. The third-order valence-corrected chi connectivity index (χ3v) is 4.62. The zero-order chi connectivity index (χ0) is 13.9. The summed E-state index contributed by atoms with van der Waals surface area (Å²) in [5, 5.41) is 3.72. The van der Waals surface area contributed by atoms with E-state index < -0.39 is 0 Å². The molecule has 0 saturated carbocycles. The number of benzene rings is 1. The number of nitrogens with one attached hydrogen (secondary N) is 1. The number of nitrogens with zero attached hydrogens (tertiary/aromatic N) is 1. The van der Waals surface area contributed by atoms with E-state index in [1.807, 2.05) is 0 Å². The minimum Gasteiger partial charge on any atom is -0.492 e. The fourth-order valence-corrected chi connectivity index (χ4v) is 3.37. The van der Waals surface area contributed by atoms with E-state index in [9.17, 15) is 0 Å². The van der Waals surface area contributed by atoms with Crippen LogP contribution in [0.4, 0.5) is 0 Å². The molecule has 20 heavy (non-hydrogen) atoms. The van der Waals surface area contributed by atoms with Crippen LogP contribution in [-0.4, -0.2) is 43.2 Å². The minimum atomic E-state index is 0.711. The van der Waals surface area contributed by atoms with Crippen molar-refractivity contribution in [2.75, 3.05) is 26.2 Å². The van der Waals surface area contributed by atoms with Gasteiger partial charge in [0.25, 0.3) is 0 Å². The first kappa shape index (κ1) is 13.9. The van der Waals surface area contributed by atoms with Crippen molar-refractivity contribution < 1.29 is 4.74 Å². The van der Waals surface area contributed by atoms with Gasteiger partial charge in [-0.3, -0.25) is 4.90 Å². The van der Waals surface area contributed by atoms with E-state index >= 15 is 0 Å². The standard InChI is InChI=1S/C17H26N2O/c1-13-3-4-14(2)17(11-13)20-10-9-19-8-7-15-5-6-16(12-19)18-15/h3-4,11,15-16,18H,5-10,12H2,1-2H3. The van der Waals surface area contributed by atoms with Crippen molar-refractivity contribution in [1.82, 2.24) is 10.2 Å². The number of aryl methyl sites for hydroxylation is 2. The van der Waals surface area contributed by atoms with E-state index in [1.165, 1.54) is 43.5 Å². The van der Waals surface area contributed by atoms with Crippen molar-refractivity contribution in [3.05, 3.63) is 29.3 Å². The highest BCUT2D eigenvalue weighted by Gasteiger charge is 2.28. The summed E-state index contributed by atoms with van der Waals surface area (Å²) in [6.45, 7) is 8.46. The van der Waals surface area contributed by atoms with Crippen molar-refractivity contribution in [3.63, 3.8) is 0 Å². The second kappa shape index (κ2) is 6.15. The topological polar surface area (TPSA) is 24.5 Å². The summed E-state index contributed by atoms with van der Waals surface area (Å²) in [6, 6.07) is 7.90. The lowest BCUT2D eigenvalue weighted by atomic mass is 10.1. The Balaban J connectivity index is 1.48. The molecular weight excluding hydrogens is 248 g/mol. The molecule has 1 aromatic rings. The van der Waals surface area contributed by atoms with Crippen LogP contribution in [0, 0.1) is 13.8 Å². The highest BCUT2D eigenvalue weighted by molar-refractivity contribution is 5.35. The zero-order valence-corrected chi connectivity index (χ0v) is 12.7. The number of likely N-dealkylation sites (tertiary alicyclic amines) is 1. The molecule has 2 unspecified atom stereocenters. The van der Waals surface area contributed by atoms with Gasteiger partial charge in [-0.2, -0.15) is 0 Å². The molecule has 3 heteroatoms. The van der Waals surface area contributed by atoms with Crippen LogP contribution in [0.25, 0.3) is 0 Å². The smallest absolute Gasteiger partial charge is 0.122 e. The molecule has 3 rings (SSSR count). The summed E-state index contributed by atoms with van der Waals surface area (Å²) in [7, 11) is 0. The van der Waals surface area contributed by atoms with E-state index in [2.05, 4.69) is 42.3 Å². The molecule has 0 aliphatic carbocycles. The predicted molar refractivity (Wildman–Crippen MR) is 82.4 cm³/mol. The molecule has 2 aliphatic heterocycles. The van der Waals surface area contributed by atoms with Gasteiger partial charge in [0.05, 0.1) is 0 Å². The molecule has 1 aromatic carbocycles. The summed E-state index contributed by atoms with van der Waals surface area (Å²) in [6.07, 6.45) is 4.01. The van der Waals surface area contributed by atoms with Gasteiger partial charge in [0.15, 0.2) is 0 Å². The number of rotatable bonds is 4. The molecule has 2 bridgehead atoms. The summed E-state index contributed by atoms with van der Waals surface area (Å²) in [5.41, 5.74) is 2.49. The number of ether oxygens (including phenoxy) is 1. The number of hydrogen-bond acceptors (Lipinski definition) is 3. The lowest BCUT2D eigenvalue weighted by Gasteiger charge is -2.24. The Labute approximate surface area is 122 Å². The molecule has 2 aliphatic rings. The zero-order valence-electron chi connectivity index (χ0n) is 12.7. The molecular formula is C17H26N2O. The molecule has 2 saturated heterocycles. The SMILES string of the molecule is Cc1ccc(C)c(OCCN2CCC3CCC(C2)N3)c1. The third-order valence-electron chi connectivity index (χ3n) is 4.62. The summed E-state index contributed by atoms with van der Waals surface area (Å²) < 4.78 is 5.98. The van der Waals surface area contributed by atoms with Crippen LogP contribution in [0.1, 0.15) is 30.4 Å². The molecule has 0 spiro atoms. The maximum Gasteiger partial charge on any atom is 0.122 e. The van der Waals surface area contributed by atoms with Crippen LogP contribution < -0.4 is 10.1 Å². The maximum atomic E-state index is 5.98. The predicted octanol–water partition coefficient (Wildman–Crippen LogP) is 2.51. The molecule has 2 atom stereocenters. The first-order chi connectivity index (χ1) is 9.70. The highest BCUT2D eigenvalue weighted by Crippen LogP contribution is 2.21. The minimum absolute atomic E-state index is 0.711. The molecule has 1 N–H and O–H groups in total. The van der Waals surface area contributed by atoms with E-state index in [0.717, 1.165) is 24.9 Å². The van der Waals surface area contributed by atoms with Crippen LogP contribution in [0.5, 0.6) is 5.75 Å². The average molecular weight is 274 g/mol. The maximum absolute atomic E-state index is 5.98. The lowest BCUT2D eigenvalue weighted by Crippen LogP contribution is -2.37. The molecule has 2 heterocycles. The van der Waals surface area contributed by atoms with E-state index in [-0.39, 0.29) is 0 Å². The van der Waals surface area contributed by atoms with Crippen LogP contribution >= 0.6 is 0 Å². The van der Waals surface area contributed by atoms with Crippen LogP contribution in [0.3, 0.4) is 0 Å². The van der Waals surface area contributed by atoms with Gasteiger partial charge in [-0.15, -0.1) is 0 Å². The van der Waals surface area contributed by atoms with Gasteiger partial charge in [-0.25, -0.2) is 0 Å².